The first kappa shape index (κ1) is 9.93. The van der Waals surface area contributed by atoms with Gasteiger partial charge in [0.1, 0.15) is 5.82 Å². The summed E-state index contributed by atoms with van der Waals surface area (Å²) in [5.74, 6) is 0.720. The highest BCUT2D eigenvalue weighted by Crippen LogP contribution is 2.17. The largest absolute Gasteiger partial charge is 0.396 e. The first-order valence-corrected chi connectivity index (χ1v) is 4.93. The van der Waals surface area contributed by atoms with E-state index in [-0.39, 0.29) is 0 Å². The van der Waals surface area contributed by atoms with Gasteiger partial charge in [-0.25, -0.2) is 9.97 Å². The van der Waals surface area contributed by atoms with Crippen molar-refractivity contribution in [3.8, 4) is 0 Å². The number of hydrogen-bond donors (Lipinski definition) is 1. The molecule has 15 heavy (non-hydrogen) atoms. The second-order valence-electron chi connectivity index (χ2n) is 3.20. The fourth-order valence-corrected chi connectivity index (χ4v) is 1.47. The van der Waals surface area contributed by atoms with Gasteiger partial charge in [-0.1, -0.05) is 29.8 Å². The summed E-state index contributed by atoms with van der Waals surface area (Å²) in [5, 5.41) is 0.734. The van der Waals surface area contributed by atoms with Gasteiger partial charge in [-0.05, 0) is 11.6 Å². The normalized spacial score (nSPS) is 10.2. The number of benzene rings is 1. The van der Waals surface area contributed by atoms with Crippen molar-refractivity contribution in [2.75, 3.05) is 5.73 Å². The van der Waals surface area contributed by atoms with Gasteiger partial charge < -0.3 is 5.73 Å². The molecule has 0 spiro atoms. The van der Waals surface area contributed by atoms with E-state index in [0.29, 0.717) is 12.1 Å². The summed E-state index contributed by atoms with van der Waals surface area (Å²) in [6.07, 6.45) is 3.82. The van der Waals surface area contributed by atoms with Crippen LogP contribution < -0.4 is 5.73 Å². The average Bonchev–Trinajstić information content (AvgIpc) is 2.25. The fourth-order valence-electron chi connectivity index (χ4n) is 1.27. The number of nitrogen functional groups attached to an aromatic ring is 1. The van der Waals surface area contributed by atoms with Gasteiger partial charge in [0.05, 0.1) is 18.1 Å². The zero-order valence-electron chi connectivity index (χ0n) is 8.02. The van der Waals surface area contributed by atoms with Crippen molar-refractivity contribution in [1.29, 1.82) is 0 Å². The molecule has 1 heterocycles. The Morgan fingerprint density at radius 3 is 2.47 bits per heavy atom. The monoisotopic (exact) mass is 219 g/mol. The SMILES string of the molecule is Nc1cnc(Cc2ccccc2Cl)nc1. The summed E-state index contributed by atoms with van der Waals surface area (Å²) >= 11 is 6.03. The standard InChI is InChI=1S/C11H10ClN3/c12-10-4-2-1-3-8(10)5-11-14-6-9(13)7-15-11/h1-4,6-7H,5,13H2. The molecule has 0 aliphatic rings. The van der Waals surface area contributed by atoms with Crippen LogP contribution in [-0.4, -0.2) is 9.97 Å². The maximum Gasteiger partial charge on any atom is 0.132 e. The van der Waals surface area contributed by atoms with E-state index < -0.39 is 0 Å². The number of anilines is 1. The van der Waals surface area contributed by atoms with Gasteiger partial charge in [-0.15, -0.1) is 0 Å². The minimum Gasteiger partial charge on any atom is -0.396 e. The van der Waals surface area contributed by atoms with Crippen LogP contribution in [0.2, 0.25) is 5.02 Å². The highest BCUT2D eigenvalue weighted by Gasteiger charge is 2.02. The molecule has 2 aromatic rings. The number of rotatable bonds is 2. The van der Waals surface area contributed by atoms with E-state index in [9.17, 15) is 0 Å². The van der Waals surface area contributed by atoms with Crippen LogP contribution in [0, 0.1) is 0 Å². The van der Waals surface area contributed by atoms with Crippen LogP contribution in [0.3, 0.4) is 0 Å². The molecule has 0 bridgehead atoms. The average molecular weight is 220 g/mol. The smallest absolute Gasteiger partial charge is 0.132 e. The Kier molecular flexibility index (Phi) is 2.83. The molecule has 0 saturated carbocycles. The zero-order valence-corrected chi connectivity index (χ0v) is 8.78. The molecule has 2 rings (SSSR count). The van der Waals surface area contributed by atoms with Crippen LogP contribution in [0.1, 0.15) is 11.4 Å². The Morgan fingerprint density at radius 2 is 1.80 bits per heavy atom. The number of halogens is 1. The quantitative estimate of drug-likeness (QED) is 0.843. The van der Waals surface area contributed by atoms with E-state index in [1.165, 1.54) is 0 Å². The highest BCUT2D eigenvalue weighted by molar-refractivity contribution is 6.31. The molecular weight excluding hydrogens is 210 g/mol. The Balaban J connectivity index is 2.22. The summed E-state index contributed by atoms with van der Waals surface area (Å²) in [7, 11) is 0. The van der Waals surface area contributed by atoms with Crippen molar-refractivity contribution >= 4 is 17.3 Å². The van der Waals surface area contributed by atoms with E-state index >= 15 is 0 Å². The molecule has 0 unspecified atom stereocenters. The van der Waals surface area contributed by atoms with E-state index in [4.69, 9.17) is 17.3 Å². The lowest BCUT2D eigenvalue weighted by atomic mass is 10.1. The van der Waals surface area contributed by atoms with Gasteiger partial charge >= 0.3 is 0 Å². The number of nitrogens with two attached hydrogens (primary N) is 1. The van der Waals surface area contributed by atoms with Crippen molar-refractivity contribution in [1.82, 2.24) is 9.97 Å². The molecule has 4 heteroatoms. The number of hydrogen-bond acceptors (Lipinski definition) is 3. The second kappa shape index (κ2) is 4.28. The molecule has 0 atom stereocenters. The predicted molar refractivity (Wildman–Crippen MR) is 60.7 cm³/mol. The van der Waals surface area contributed by atoms with Crippen molar-refractivity contribution in [2.45, 2.75) is 6.42 Å². The third-order valence-electron chi connectivity index (χ3n) is 2.03. The van der Waals surface area contributed by atoms with E-state index in [1.54, 1.807) is 12.4 Å². The molecule has 0 saturated heterocycles. The van der Waals surface area contributed by atoms with Crippen molar-refractivity contribution in [2.24, 2.45) is 0 Å². The van der Waals surface area contributed by atoms with Gasteiger partial charge in [0.25, 0.3) is 0 Å². The summed E-state index contributed by atoms with van der Waals surface area (Å²) in [5.41, 5.74) is 7.08. The molecule has 3 nitrogen and oxygen atoms in total. The summed E-state index contributed by atoms with van der Waals surface area (Å²) < 4.78 is 0. The van der Waals surface area contributed by atoms with Gasteiger partial charge in [0.15, 0.2) is 0 Å². The van der Waals surface area contributed by atoms with Crippen LogP contribution in [-0.2, 0) is 6.42 Å². The first-order valence-electron chi connectivity index (χ1n) is 4.55. The van der Waals surface area contributed by atoms with Gasteiger partial charge in [-0.2, -0.15) is 0 Å². The Labute approximate surface area is 92.9 Å². The van der Waals surface area contributed by atoms with E-state index in [1.807, 2.05) is 24.3 Å². The Bertz CT molecular complexity index is 454. The van der Waals surface area contributed by atoms with Gasteiger partial charge in [-0.3, -0.25) is 0 Å². The molecule has 0 aliphatic carbocycles. The maximum absolute atomic E-state index is 6.03. The fraction of sp³-hybridized carbons (Fsp3) is 0.0909. The van der Waals surface area contributed by atoms with Gasteiger partial charge in [0.2, 0.25) is 0 Å². The topological polar surface area (TPSA) is 51.8 Å². The molecule has 0 radical (unpaired) electrons. The Hall–Kier alpha value is -1.61. The first-order chi connectivity index (χ1) is 7.25. The van der Waals surface area contributed by atoms with E-state index in [0.717, 1.165) is 16.4 Å². The molecular formula is C11H10ClN3. The van der Waals surface area contributed by atoms with Crippen LogP contribution in [0.5, 0.6) is 0 Å². The van der Waals surface area contributed by atoms with Crippen LogP contribution in [0.4, 0.5) is 5.69 Å². The van der Waals surface area contributed by atoms with Crippen molar-refractivity contribution < 1.29 is 0 Å². The minimum atomic E-state index is 0.568. The lowest BCUT2D eigenvalue weighted by molar-refractivity contribution is 0.971. The molecule has 1 aromatic carbocycles. The van der Waals surface area contributed by atoms with Gasteiger partial charge in [0, 0.05) is 11.4 Å². The second-order valence-corrected chi connectivity index (χ2v) is 3.61. The highest BCUT2D eigenvalue weighted by atomic mass is 35.5. The summed E-state index contributed by atoms with van der Waals surface area (Å²) in [4.78, 5) is 8.24. The predicted octanol–water partition coefficient (Wildman–Crippen LogP) is 2.30. The molecule has 0 fully saturated rings. The lowest BCUT2D eigenvalue weighted by Crippen LogP contribution is -1.98. The third-order valence-corrected chi connectivity index (χ3v) is 2.40. The lowest BCUT2D eigenvalue weighted by Gasteiger charge is -2.02. The van der Waals surface area contributed by atoms with E-state index in [2.05, 4.69) is 9.97 Å². The summed E-state index contributed by atoms with van der Waals surface area (Å²) in [6.45, 7) is 0. The maximum atomic E-state index is 6.03. The number of aromatic nitrogens is 2. The molecule has 0 amide bonds. The van der Waals surface area contributed by atoms with Crippen LogP contribution >= 0.6 is 11.6 Å². The molecule has 2 N–H and O–H groups in total. The minimum absolute atomic E-state index is 0.568. The third kappa shape index (κ3) is 2.44. The molecule has 1 aromatic heterocycles. The summed E-state index contributed by atoms with van der Waals surface area (Å²) in [6, 6.07) is 7.66. The Morgan fingerprint density at radius 1 is 1.13 bits per heavy atom. The zero-order chi connectivity index (χ0) is 10.7. The van der Waals surface area contributed by atoms with Crippen molar-refractivity contribution in [3.05, 3.63) is 53.1 Å². The van der Waals surface area contributed by atoms with Crippen LogP contribution in [0.15, 0.2) is 36.7 Å². The molecule has 76 valence electrons. The van der Waals surface area contributed by atoms with Crippen LogP contribution in [0.25, 0.3) is 0 Å². The van der Waals surface area contributed by atoms with Crippen molar-refractivity contribution in [3.63, 3.8) is 0 Å². The number of nitrogens with zero attached hydrogens (tertiary/aromatic N) is 2. The molecule has 0 aliphatic heterocycles.